The van der Waals surface area contributed by atoms with Crippen molar-refractivity contribution in [2.75, 3.05) is 18.0 Å². The molecular weight excluding hydrogens is 314 g/mol. The lowest BCUT2D eigenvalue weighted by Gasteiger charge is -2.10. The van der Waals surface area contributed by atoms with Crippen LogP contribution < -0.4 is 4.90 Å². The highest BCUT2D eigenvalue weighted by Gasteiger charge is 2.17. The van der Waals surface area contributed by atoms with Crippen molar-refractivity contribution in [1.29, 1.82) is 0 Å². The van der Waals surface area contributed by atoms with Gasteiger partial charge in [-0.15, -0.1) is 10.2 Å². The second-order valence-electron chi connectivity index (χ2n) is 5.46. The highest BCUT2D eigenvalue weighted by molar-refractivity contribution is 8.00. The first-order chi connectivity index (χ1) is 10.8. The number of pyridine rings is 1. The fourth-order valence-electron chi connectivity index (χ4n) is 2.70. The van der Waals surface area contributed by atoms with Crippen LogP contribution in [0.5, 0.6) is 0 Å². The van der Waals surface area contributed by atoms with Crippen LogP contribution in [0.2, 0.25) is 0 Å². The summed E-state index contributed by atoms with van der Waals surface area (Å²) < 4.78 is 3.15. The summed E-state index contributed by atoms with van der Waals surface area (Å²) in [6, 6.07) is 6.18. The largest absolute Gasteiger partial charge is 0.347 e. The van der Waals surface area contributed by atoms with Crippen LogP contribution in [0.3, 0.4) is 0 Å². The Balaban J connectivity index is 1.46. The number of hydrogen-bond donors (Lipinski definition) is 0. The summed E-state index contributed by atoms with van der Waals surface area (Å²) in [7, 11) is 0. The first-order valence-electron chi connectivity index (χ1n) is 7.44. The maximum absolute atomic E-state index is 4.66. The Bertz CT molecular complexity index is 788. The van der Waals surface area contributed by atoms with Gasteiger partial charge in [0.1, 0.15) is 5.65 Å². The van der Waals surface area contributed by atoms with Gasteiger partial charge >= 0.3 is 0 Å². The Kier molecular flexibility index (Phi) is 3.75. The predicted octanol–water partition coefficient (Wildman–Crippen LogP) is 3.39. The fraction of sp³-hybridized carbons (Fsp3) is 0.400. The third-order valence-electron chi connectivity index (χ3n) is 3.86. The lowest BCUT2D eigenvalue weighted by molar-refractivity contribution is 0.912. The molecule has 0 saturated carbocycles. The Morgan fingerprint density at radius 2 is 2.09 bits per heavy atom. The highest BCUT2D eigenvalue weighted by Crippen LogP contribution is 2.31. The summed E-state index contributed by atoms with van der Waals surface area (Å²) in [6.07, 6.45) is 4.64. The molecule has 0 aromatic carbocycles. The van der Waals surface area contributed by atoms with Gasteiger partial charge in [-0.1, -0.05) is 29.2 Å². The second-order valence-corrected chi connectivity index (χ2v) is 7.64. The van der Waals surface area contributed by atoms with Crippen LogP contribution in [0.4, 0.5) is 5.13 Å². The summed E-state index contributed by atoms with van der Waals surface area (Å²) in [6.45, 7) is 4.33. The van der Waals surface area contributed by atoms with Crippen molar-refractivity contribution in [2.45, 2.75) is 29.9 Å². The van der Waals surface area contributed by atoms with Gasteiger partial charge < -0.3 is 9.30 Å². The number of thioether (sulfide) groups is 1. The molecule has 0 unspecified atom stereocenters. The molecular formula is C15H17N5S2. The zero-order valence-corrected chi connectivity index (χ0v) is 14.0. The van der Waals surface area contributed by atoms with E-state index in [0.29, 0.717) is 0 Å². The predicted molar refractivity (Wildman–Crippen MR) is 90.8 cm³/mol. The van der Waals surface area contributed by atoms with Gasteiger partial charge in [-0.2, -0.15) is 0 Å². The summed E-state index contributed by atoms with van der Waals surface area (Å²) in [4.78, 5) is 6.99. The van der Waals surface area contributed by atoms with E-state index in [-0.39, 0.29) is 0 Å². The van der Waals surface area contributed by atoms with Crippen molar-refractivity contribution in [1.82, 2.24) is 19.6 Å². The molecule has 3 aromatic rings. The number of imidazole rings is 1. The molecule has 3 aromatic heterocycles. The molecule has 1 aliphatic rings. The van der Waals surface area contributed by atoms with E-state index in [4.69, 9.17) is 0 Å². The molecule has 4 heterocycles. The highest BCUT2D eigenvalue weighted by atomic mass is 32.2. The van der Waals surface area contributed by atoms with E-state index < -0.39 is 0 Å². The summed E-state index contributed by atoms with van der Waals surface area (Å²) in [5, 5.41) is 9.68. The Morgan fingerprint density at radius 1 is 1.23 bits per heavy atom. The maximum atomic E-state index is 4.66. The van der Waals surface area contributed by atoms with E-state index in [1.807, 2.05) is 12.1 Å². The van der Waals surface area contributed by atoms with Crippen molar-refractivity contribution in [3.05, 3.63) is 35.8 Å². The van der Waals surface area contributed by atoms with E-state index in [9.17, 15) is 0 Å². The van der Waals surface area contributed by atoms with Gasteiger partial charge in [0, 0.05) is 30.7 Å². The van der Waals surface area contributed by atoms with Crippen LogP contribution >= 0.6 is 23.1 Å². The van der Waals surface area contributed by atoms with Crippen LogP contribution in [-0.2, 0) is 5.75 Å². The molecule has 1 aliphatic heterocycles. The first-order valence-corrected chi connectivity index (χ1v) is 9.25. The summed E-state index contributed by atoms with van der Waals surface area (Å²) >= 11 is 3.41. The molecule has 0 N–H and O–H groups in total. The average Bonchev–Trinajstić information content (AvgIpc) is 3.25. The van der Waals surface area contributed by atoms with Crippen LogP contribution in [-0.4, -0.2) is 32.7 Å². The van der Waals surface area contributed by atoms with E-state index in [0.717, 1.165) is 39.7 Å². The molecule has 114 valence electrons. The molecule has 7 heteroatoms. The molecule has 0 aliphatic carbocycles. The molecule has 0 radical (unpaired) electrons. The van der Waals surface area contributed by atoms with Crippen molar-refractivity contribution in [3.63, 3.8) is 0 Å². The molecule has 1 saturated heterocycles. The third-order valence-corrected chi connectivity index (χ3v) is 6.01. The maximum Gasteiger partial charge on any atom is 0.209 e. The van der Waals surface area contributed by atoms with Gasteiger partial charge in [-0.3, -0.25) is 0 Å². The minimum Gasteiger partial charge on any atom is -0.347 e. The topological polar surface area (TPSA) is 46.3 Å². The molecule has 0 bridgehead atoms. The van der Waals surface area contributed by atoms with Crippen molar-refractivity contribution < 1.29 is 0 Å². The number of nitrogens with zero attached hydrogens (tertiary/aromatic N) is 5. The number of aryl methyl sites for hydroxylation is 1. The fourth-order valence-corrected chi connectivity index (χ4v) is 4.48. The summed E-state index contributed by atoms with van der Waals surface area (Å²) in [5.41, 5.74) is 3.29. The van der Waals surface area contributed by atoms with Gasteiger partial charge in [0.2, 0.25) is 5.13 Å². The molecule has 0 amide bonds. The number of rotatable bonds is 4. The van der Waals surface area contributed by atoms with Gasteiger partial charge in [0.25, 0.3) is 0 Å². The number of anilines is 1. The minimum absolute atomic E-state index is 0.829. The van der Waals surface area contributed by atoms with Crippen molar-refractivity contribution >= 4 is 33.9 Å². The van der Waals surface area contributed by atoms with Gasteiger partial charge in [0.05, 0.1) is 5.69 Å². The first kappa shape index (κ1) is 14.0. The van der Waals surface area contributed by atoms with E-state index in [1.54, 1.807) is 23.1 Å². The zero-order valence-electron chi connectivity index (χ0n) is 12.4. The summed E-state index contributed by atoms with van der Waals surface area (Å²) in [5.74, 6) is 0.829. The number of aromatic nitrogens is 4. The lowest BCUT2D eigenvalue weighted by Crippen LogP contribution is -2.17. The van der Waals surface area contributed by atoms with Crippen LogP contribution in [0.25, 0.3) is 5.65 Å². The Hall–Kier alpha value is -1.60. The molecule has 0 spiro atoms. The van der Waals surface area contributed by atoms with Crippen molar-refractivity contribution in [3.8, 4) is 0 Å². The van der Waals surface area contributed by atoms with Gasteiger partial charge in [-0.25, -0.2) is 4.98 Å². The quantitative estimate of drug-likeness (QED) is 0.686. The minimum atomic E-state index is 0.829. The Morgan fingerprint density at radius 3 is 2.91 bits per heavy atom. The van der Waals surface area contributed by atoms with E-state index in [1.165, 1.54) is 18.5 Å². The normalized spacial score (nSPS) is 15.0. The molecule has 5 nitrogen and oxygen atoms in total. The van der Waals surface area contributed by atoms with Gasteiger partial charge in [-0.05, 0) is 31.9 Å². The van der Waals surface area contributed by atoms with Crippen LogP contribution in [0, 0.1) is 6.92 Å². The standard InChI is InChI=1S/C15H17N5S2/c1-11-5-4-6-13-16-12(9-20(11)13)10-21-15-18-17-14(22-15)19-7-2-3-8-19/h4-6,9H,2-3,7-8,10H2,1H3. The molecule has 0 atom stereocenters. The van der Waals surface area contributed by atoms with Crippen LogP contribution in [0.15, 0.2) is 28.7 Å². The Labute approximate surface area is 137 Å². The second kappa shape index (κ2) is 5.89. The van der Waals surface area contributed by atoms with Crippen LogP contribution in [0.1, 0.15) is 24.2 Å². The SMILES string of the molecule is Cc1cccc2nc(CSc3nnc(N4CCCC4)s3)cn12. The van der Waals surface area contributed by atoms with E-state index in [2.05, 4.69) is 43.7 Å². The zero-order chi connectivity index (χ0) is 14.9. The van der Waals surface area contributed by atoms with Crippen molar-refractivity contribution in [2.24, 2.45) is 0 Å². The number of hydrogen-bond acceptors (Lipinski definition) is 6. The van der Waals surface area contributed by atoms with Gasteiger partial charge in [0.15, 0.2) is 4.34 Å². The third kappa shape index (κ3) is 2.70. The lowest BCUT2D eigenvalue weighted by atomic mass is 10.4. The monoisotopic (exact) mass is 331 g/mol. The molecule has 22 heavy (non-hydrogen) atoms. The smallest absolute Gasteiger partial charge is 0.209 e. The van der Waals surface area contributed by atoms with E-state index >= 15 is 0 Å². The average molecular weight is 331 g/mol. The molecule has 4 rings (SSSR count). The molecule has 1 fully saturated rings. The number of fused-ring (bicyclic) bond motifs is 1.